The Labute approximate surface area is 126 Å². The van der Waals surface area contributed by atoms with Crippen LogP contribution in [-0.4, -0.2) is 28.1 Å². The SMILES string of the molecule is O=C(O)C1CC2CCC(C1)N2Cc1cccc(C(F)(F)F)c1. The second-order valence-electron chi connectivity index (χ2n) is 6.26. The molecule has 1 N–H and O–H groups in total. The summed E-state index contributed by atoms with van der Waals surface area (Å²) in [7, 11) is 0. The number of carboxylic acid groups (broad SMARTS) is 1. The van der Waals surface area contributed by atoms with Gasteiger partial charge in [0.05, 0.1) is 11.5 Å². The van der Waals surface area contributed by atoms with Gasteiger partial charge in [0.15, 0.2) is 0 Å². The lowest BCUT2D eigenvalue weighted by Crippen LogP contribution is -2.44. The van der Waals surface area contributed by atoms with Gasteiger partial charge in [0.2, 0.25) is 0 Å². The molecule has 2 heterocycles. The number of fused-ring (bicyclic) bond motifs is 2. The maximum Gasteiger partial charge on any atom is 0.416 e. The van der Waals surface area contributed by atoms with Crippen LogP contribution in [0.15, 0.2) is 24.3 Å². The van der Waals surface area contributed by atoms with E-state index in [1.807, 2.05) is 0 Å². The van der Waals surface area contributed by atoms with E-state index in [0.717, 1.165) is 18.9 Å². The van der Waals surface area contributed by atoms with Crippen molar-refractivity contribution in [1.29, 1.82) is 0 Å². The molecular weight excluding hydrogens is 295 g/mol. The summed E-state index contributed by atoms with van der Waals surface area (Å²) in [6, 6.07) is 5.77. The van der Waals surface area contributed by atoms with Crippen molar-refractivity contribution in [2.45, 2.75) is 50.5 Å². The van der Waals surface area contributed by atoms with Crippen molar-refractivity contribution >= 4 is 5.97 Å². The molecule has 2 aliphatic heterocycles. The smallest absolute Gasteiger partial charge is 0.416 e. The van der Waals surface area contributed by atoms with Crippen LogP contribution in [0.1, 0.15) is 36.8 Å². The number of halogens is 3. The Morgan fingerprint density at radius 3 is 2.41 bits per heavy atom. The first-order valence-electron chi connectivity index (χ1n) is 7.49. The standard InChI is InChI=1S/C16H18F3NO2/c17-16(18,19)12-3-1-2-10(6-12)9-20-13-4-5-14(20)8-11(7-13)15(21)22/h1-3,6,11,13-14H,4-5,7-9H2,(H,21,22). The number of benzene rings is 1. The van der Waals surface area contributed by atoms with Gasteiger partial charge in [0.1, 0.15) is 0 Å². The van der Waals surface area contributed by atoms with Crippen LogP contribution in [0.25, 0.3) is 0 Å². The zero-order valence-corrected chi connectivity index (χ0v) is 12.0. The largest absolute Gasteiger partial charge is 0.481 e. The first-order chi connectivity index (χ1) is 10.3. The fourth-order valence-corrected chi connectivity index (χ4v) is 3.79. The van der Waals surface area contributed by atoms with Crippen molar-refractivity contribution in [3.05, 3.63) is 35.4 Å². The van der Waals surface area contributed by atoms with Gasteiger partial charge in [0, 0.05) is 18.6 Å². The molecule has 0 aliphatic carbocycles. The van der Waals surface area contributed by atoms with Crippen LogP contribution in [-0.2, 0) is 17.5 Å². The van der Waals surface area contributed by atoms with E-state index in [1.165, 1.54) is 12.1 Å². The lowest BCUT2D eigenvalue weighted by Gasteiger charge is -2.37. The zero-order chi connectivity index (χ0) is 15.9. The number of alkyl halides is 3. The predicted octanol–water partition coefficient (Wildman–Crippen LogP) is 3.53. The average molecular weight is 313 g/mol. The third-order valence-corrected chi connectivity index (χ3v) is 4.85. The summed E-state index contributed by atoms with van der Waals surface area (Å²) in [5, 5.41) is 9.16. The number of rotatable bonds is 3. The molecule has 2 bridgehead atoms. The number of hydrogen-bond acceptors (Lipinski definition) is 2. The summed E-state index contributed by atoms with van der Waals surface area (Å²) in [5.74, 6) is -1.06. The Kier molecular flexibility index (Phi) is 3.89. The minimum Gasteiger partial charge on any atom is -0.481 e. The van der Waals surface area contributed by atoms with Gasteiger partial charge in [-0.25, -0.2) is 0 Å². The molecule has 0 saturated carbocycles. The predicted molar refractivity (Wildman–Crippen MR) is 74.2 cm³/mol. The third-order valence-electron chi connectivity index (χ3n) is 4.85. The summed E-state index contributed by atoms with van der Waals surface area (Å²) in [6.45, 7) is 0.464. The molecule has 2 atom stereocenters. The molecule has 6 heteroatoms. The van der Waals surface area contributed by atoms with Crippen LogP contribution < -0.4 is 0 Å². The Morgan fingerprint density at radius 2 is 1.86 bits per heavy atom. The summed E-state index contributed by atoms with van der Waals surface area (Å²) in [4.78, 5) is 13.3. The quantitative estimate of drug-likeness (QED) is 0.928. The van der Waals surface area contributed by atoms with E-state index in [-0.39, 0.29) is 18.0 Å². The topological polar surface area (TPSA) is 40.5 Å². The van der Waals surface area contributed by atoms with Crippen LogP contribution >= 0.6 is 0 Å². The summed E-state index contributed by atoms with van der Waals surface area (Å²) < 4.78 is 38.3. The fraction of sp³-hybridized carbons (Fsp3) is 0.562. The molecule has 22 heavy (non-hydrogen) atoms. The molecule has 1 aromatic rings. The average Bonchev–Trinajstić information content (AvgIpc) is 2.69. The molecule has 0 spiro atoms. The third kappa shape index (κ3) is 2.97. The van der Waals surface area contributed by atoms with E-state index >= 15 is 0 Å². The van der Waals surface area contributed by atoms with Gasteiger partial charge in [-0.05, 0) is 37.3 Å². The minimum atomic E-state index is -4.33. The molecule has 0 aromatic heterocycles. The number of piperidine rings is 1. The Morgan fingerprint density at radius 1 is 1.23 bits per heavy atom. The van der Waals surface area contributed by atoms with Gasteiger partial charge in [-0.1, -0.05) is 18.2 Å². The highest BCUT2D eigenvalue weighted by atomic mass is 19.4. The first-order valence-corrected chi connectivity index (χ1v) is 7.49. The van der Waals surface area contributed by atoms with Gasteiger partial charge >= 0.3 is 12.1 Å². The lowest BCUT2D eigenvalue weighted by molar-refractivity contribution is -0.144. The second kappa shape index (κ2) is 5.57. The van der Waals surface area contributed by atoms with Crippen molar-refractivity contribution in [1.82, 2.24) is 4.90 Å². The number of nitrogens with zero attached hydrogens (tertiary/aromatic N) is 1. The minimum absolute atomic E-state index is 0.175. The maximum absolute atomic E-state index is 12.8. The van der Waals surface area contributed by atoms with E-state index < -0.39 is 17.7 Å². The van der Waals surface area contributed by atoms with E-state index in [0.29, 0.717) is 24.9 Å². The van der Waals surface area contributed by atoms with E-state index in [2.05, 4.69) is 4.90 Å². The summed E-state index contributed by atoms with van der Waals surface area (Å²) in [6.07, 6.45) is -1.25. The van der Waals surface area contributed by atoms with Crippen LogP contribution in [0.5, 0.6) is 0 Å². The number of carboxylic acids is 1. The second-order valence-corrected chi connectivity index (χ2v) is 6.26. The maximum atomic E-state index is 12.8. The van der Waals surface area contributed by atoms with Gasteiger partial charge in [-0.2, -0.15) is 13.2 Å². The van der Waals surface area contributed by atoms with Crippen LogP contribution in [0, 0.1) is 5.92 Å². The molecule has 2 unspecified atom stereocenters. The van der Waals surface area contributed by atoms with Gasteiger partial charge in [0.25, 0.3) is 0 Å². The van der Waals surface area contributed by atoms with Crippen molar-refractivity contribution in [2.24, 2.45) is 5.92 Å². The summed E-state index contributed by atoms with van der Waals surface area (Å²) in [5.41, 5.74) is 0.0123. The first kappa shape index (κ1) is 15.3. The molecule has 0 radical (unpaired) electrons. The fourth-order valence-electron chi connectivity index (χ4n) is 3.79. The molecule has 1 aromatic carbocycles. The van der Waals surface area contributed by atoms with Crippen molar-refractivity contribution < 1.29 is 23.1 Å². The number of carbonyl (C=O) groups is 1. The van der Waals surface area contributed by atoms with Gasteiger partial charge < -0.3 is 5.11 Å². The molecule has 120 valence electrons. The Balaban J connectivity index is 1.74. The normalized spacial score (nSPS) is 28.8. The van der Waals surface area contributed by atoms with Gasteiger partial charge in [-0.3, -0.25) is 9.69 Å². The van der Waals surface area contributed by atoms with E-state index in [4.69, 9.17) is 5.11 Å². The van der Waals surface area contributed by atoms with Crippen molar-refractivity contribution in [3.8, 4) is 0 Å². The molecular formula is C16H18F3NO2. The highest BCUT2D eigenvalue weighted by molar-refractivity contribution is 5.70. The Hall–Kier alpha value is -1.56. The van der Waals surface area contributed by atoms with Crippen LogP contribution in [0.3, 0.4) is 0 Å². The lowest BCUT2D eigenvalue weighted by atomic mass is 9.90. The van der Waals surface area contributed by atoms with Crippen LogP contribution in [0.2, 0.25) is 0 Å². The highest BCUT2D eigenvalue weighted by Crippen LogP contribution is 2.40. The molecule has 3 rings (SSSR count). The van der Waals surface area contributed by atoms with E-state index in [9.17, 15) is 18.0 Å². The van der Waals surface area contributed by atoms with Crippen molar-refractivity contribution in [2.75, 3.05) is 0 Å². The molecule has 2 saturated heterocycles. The van der Waals surface area contributed by atoms with Crippen molar-refractivity contribution in [3.63, 3.8) is 0 Å². The number of aliphatic carboxylic acids is 1. The molecule has 0 amide bonds. The zero-order valence-electron chi connectivity index (χ0n) is 12.0. The summed E-state index contributed by atoms with van der Waals surface area (Å²) >= 11 is 0. The van der Waals surface area contributed by atoms with E-state index in [1.54, 1.807) is 6.07 Å². The number of hydrogen-bond donors (Lipinski definition) is 1. The molecule has 3 nitrogen and oxygen atoms in total. The monoisotopic (exact) mass is 313 g/mol. The van der Waals surface area contributed by atoms with Crippen LogP contribution in [0.4, 0.5) is 13.2 Å². The molecule has 2 fully saturated rings. The van der Waals surface area contributed by atoms with Gasteiger partial charge in [-0.15, -0.1) is 0 Å². The Bertz CT molecular complexity index is 559. The molecule has 2 aliphatic rings. The highest BCUT2D eigenvalue weighted by Gasteiger charge is 2.42.